The Hall–Kier alpha value is -2.26. The van der Waals surface area contributed by atoms with E-state index in [0.29, 0.717) is 27.2 Å². The molecule has 3 aromatic rings. The molecule has 2 nitrogen and oxygen atoms in total. The van der Waals surface area contributed by atoms with Gasteiger partial charge in [-0.3, -0.25) is 4.98 Å². The predicted octanol–water partition coefficient (Wildman–Crippen LogP) is 4.44. The quantitative estimate of drug-likeness (QED) is 0.669. The molecule has 0 aliphatic heterocycles. The lowest BCUT2D eigenvalue weighted by Crippen LogP contribution is -1.97. The van der Waals surface area contributed by atoms with Crippen molar-refractivity contribution in [2.75, 3.05) is 0 Å². The van der Waals surface area contributed by atoms with Crippen LogP contribution in [0.3, 0.4) is 0 Å². The Balaban J connectivity index is 2.43. The molecular formula is C17H11ClFNO. The molecule has 3 rings (SSSR count). The lowest BCUT2D eigenvalue weighted by Gasteiger charge is -2.13. The smallest absolute Gasteiger partial charge is 0.131 e. The second-order valence-corrected chi connectivity index (χ2v) is 5.05. The molecule has 0 bridgehead atoms. The van der Waals surface area contributed by atoms with Crippen LogP contribution in [0.15, 0.2) is 48.7 Å². The Bertz CT molecular complexity index is 832. The third kappa shape index (κ3) is 2.41. The fourth-order valence-corrected chi connectivity index (χ4v) is 2.75. The molecule has 0 unspecified atom stereocenters. The molecule has 0 N–H and O–H groups in total. The molecule has 0 aliphatic rings. The first kappa shape index (κ1) is 13.7. The van der Waals surface area contributed by atoms with Crippen LogP contribution < -0.4 is 0 Å². The fraction of sp³-hybridized carbons (Fsp3) is 0.0588. The van der Waals surface area contributed by atoms with Crippen molar-refractivity contribution < 1.29 is 9.18 Å². The summed E-state index contributed by atoms with van der Waals surface area (Å²) in [4.78, 5) is 15.3. The number of carbonyl (C=O) groups excluding carboxylic acids is 1. The Morgan fingerprint density at radius 3 is 2.76 bits per heavy atom. The SMILES string of the molecule is O=CCc1cc(Cl)c2cccnc2c1-c1ccccc1F. The molecule has 1 heterocycles. The van der Waals surface area contributed by atoms with Gasteiger partial charge in [-0.05, 0) is 29.8 Å². The minimum Gasteiger partial charge on any atom is -0.303 e. The van der Waals surface area contributed by atoms with Gasteiger partial charge in [0, 0.05) is 29.1 Å². The normalized spacial score (nSPS) is 10.8. The van der Waals surface area contributed by atoms with Crippen LogP contribution in [0.4, 0.5) is 4.39 Å². The number of hydrogen-bond acceptors (Lipinski definition) is 2. The largest absolute Gasteiger partial charge is 0.303 e. The minimum atomic E-state index is -0.348. The van der Waals surface area contributed by atoms with E-state index in [0.717, 1.165) is 11.7 Å². The van der Waals surface area contributed by atoms with E-state index in [1.165, 1.54) is 6.07 Å². The highest BCUT2D eigenvalue weighted by Gasteiger charge is 2.16. The van der Waals surface area contributed by atoms with Crippen molar-refractivity contribution in [2.24, 2.45) is 0 Å². The second kappa shape index (κ2) is 5.62. The molecule has 0 aliphatic carbocycles. The van der Waals surface area contributed by atoms with Crippen LogP contribution in [-0.4, -0.2) is 11.3 Å². The summed E-state index contributed by atoms with van der Waals surface area (Å²) in [5.41, 5.74) is 2.33. The summed E-state index contributed by atoms with van der Waals surface area (Å²) >= 11 is 6.25. The maximum absolute atomic E-state index is 14.2. The molecule has 0 fully saturated rings. The number of pyridine rings is 1. The molecule has 0 saturated heterocycles. The van der Waals surface area contributed by atoms with Crippen LogP contribution in [0.25, 0.3) is 22.0 Å². The number of rotatable bonds is 3. The Morgan fingerprint density at radius 1 is 1.19 bits per heavy atom. The van der Waals surface area contributed by atoms with Crippen molar-refractivity contribution in [1.82, 2.24) is 4.98 Å². The number of nitrogens with zero attached hydrogens (tertiary/aromatic N) is 1. The molecule has 0 radical (unpaired) electrons. The maximum Gasteiger partial charge on any atom is 0.131 e. The van der Waals surface area contributed by atoms with Crippen LogP contribution >= 0.6 is 11.6 Å². The Morgan fingerprint density at radius 2 is 2.00 bits per heavy atom. The summed E-state index contributed by atoms with van der Waals surface area (Å²) in [5, 5.41) is 1.25. The lowest BCUT2D eigenvalue weighted by atomic mass is 9.94. The number of halogens is 2. The van der Waals surface area contributed by atoms with Gasteiger partial charge in [0.1, 0.15) is 12.1 Å². The van der Waals surface area contributed by atoms with Crippen LogP contribution in [0, 0.1) is 5.82 Å². The third-order valence-corrected chi connectivity index (χ3v) is 3.68. The zero-order chi connectivity index (χ0) is 14.8. The van der Waals surface area contributed by atoms with Crippen molar-refractivity contribution >= 4 is 28.8 Å². The fourth-order valence-electron chi connectivity index (χ4n) is 2.47. The molecule has 21 heavy (non-hydrogen) atoms. The molecular weight excluding hydrogens is 289 g/mol. The van der Waals surface area contributed by atoms with Gasteiger partial charge in [-0.25, -0.2) is 4.39 Å². The maximum atomic E-state index is 14.2. The highest BCUT2D eigenvalue weighted by Crippen LogP contribution is 2.36. The summed E-state index contributed by atoms with van der Waals surface area (Å²) in [6.07, 6.45) is 2.58. The van der Waals surface area contributed by atoms with Gasteiger partial charge in [0.05, 0.1) is 10.5 Å². The summed E-state index contributed by atoms with van der Waals surface area (Å²) in [5.74, 6) is -0.348. The molecule has 4 heteroatoms. The molecule has 2 aromatic carbocycles. The summed E-state index contributed by atoms with van der Waals surface area (Å²) < 4.78 is 14.2. The van der Waals surface area contributed by atoms with Crippen LogP contribution in [0.2, 0.25) is 5.02 Å². The summed E-state index contributed by atoms with van der Waals surface area (Å²) in [7, 11) is 0. The van der Waals surface area contributed by atoms with E-state index in [1.807, 2.05) is 6.07 Å². The highest BCUT2D eigenvalue weighted by atomic mass is 35.5. The van der Waals surface area contributed by atoms with Crippen molar-refractivity contribution in [3.8, 4) is 11.1 Å². The van der Waals surface area contributed by atoms with Crippen LogP contribution in [-0.2, 0) is 11.2 Å². The van der Waals surface area contributed by atoms with E-state index in [-0.39, 0.29) is 12.2 Å². The number of fused-ring (bicyclic) bond motifs is 1. The van der Waals surface area contributed by atoms with E-state index < -0.39 is 0 Å². The van der Waals surface area contributed by atoms with Crippen molar-refractivity contribution in [3.63, 3.8) is 0 Å². The topological polar surface area (TPSA) is 30.0 Å². The van der Waals surface area contributed by atoms with E-state index in [9.17, 15) is 9.18 Å². The molecule has 0 spiro atoms. The monoisotopic (exact) mass is 299 g/mol. The van der Waals surface area contributed by atoms with Crippen LogP contribution in [0.5, 0.6) is 0 Å². The molecule has 104 valence electrons. The summed E-state index contributed by atoms with van der Waals surface area (Å²) in [6, 6.07) is 11.8. The van der Waals surface area contributed by atoms with E-state index >= 15 is 0 Å². The molecule has 0 saturated carbocycles. The van der Waals surface area contributed by atoms with E-state index in [2.05, 4.69) is 4.98 Å². The first-order valence-electron chi connectivity index (χ1n) is 6.47. The van der Waals surface area contributed by atoms with Gasteiger partial charge in [0.25, 0.3) is 0 Å². The number of aromatic nitrogens is 1. The van der Waals surface area contributed by atoms with Crippen molar-refractivity contribution in [2.45, 2.75) is 6.42 Å². The van der Waals surface area contributed by atoms with E-state index in [1.54, 1.807) is 36.5 Å². The highest BCUT2D eigenvalue weighted by molar-refractivity contribution is 6.36. The van der Waals surface area contributed by atoms with Crippen molar-refractivity contribution in [3.05, 3.63) is 65.1 Å². The lowest BCUT2D eigenvalue weighted by molar-refractivity contribution is -0.107. The molecule has 1 aromatic heterocycles. The van der Waals surface area contributed by atoms with Gasteiger partial charge in [0.15, 0.2) is 0 Å². The van der Waals surface area contributed by atoms with Gasteiger partial charge in [-0.2, -0.15) is 0 Å². The molecule has 0 atom stereocenters. The Kier molecular flexibility index (Phi) is 3.67. The predicted molar refractivity (Wildman–Crippen MR) is 81.9 cm³/mol. The second-order valence-electron chi connectivity index (χ2n) is 4.64. The van der Waals surface area contributed by atoms with Crippen molar-refractivity contribution in [1.29, 1.82) is 0 Å². The molecule has 0 amide bonds. The van der Waals surface area contributed by atoms with Crippen LogP contribution in [0.1, 0.15) is 5.56 Å². The van der Waals surface area contributed by atoms with Gasteiger partial charge < -0.3 is 4.79 Å². The standard InChI is InChI=1S/C17H11ClFNO/c18-14-10-11(7-9-21)16(13-4-1-2-6-15(13)19)17-12(14)5-3-8-20-17/h1-6,8-10H,7H2. The van der Waals surface area contributed by atoms with Gasteiger partial charge in [0.2, 0.25) is 0 Å². The number of carbonyl (C=O) groups is 1. The van der Waals surface area contributed by atoms with Gasteiger partial charge in [-0.1, -0.05) is 29.8 Å². The van der Waals surface area contributed by atoms with Gasteiger partial charge in [-0.15, -0.1) is 0 Å². The van der Waals surface area contributed by atoms with Gasteiger partial charge >= 0.3 is 0 Å². The minimum absolute atomic E-state index is 0.163. The number of benzene rings is 2. The third-order valence-electron chi connectivity index (χ3n) is 3.37. The zero-order valence-corrected chi connectivity index (χ0v) is 11.8. The average molecular weight is 300 g/mol. The summed E-state index contributed by atoms with van der Waals surface area (Å²) in [6.45, 7) is 0. The average Bonchev–Trinajstić information content (AvgIpc) is 2.49. The number of aldehydes is 1. The Labute approximate surface area is 126 Å². The number of hydrogen-bond donors (Lipinski definition) is 0. The zero-order valence-electron chi connectivity index (χ0n) is 11.0. The first-order chi connectivity index (χ1) is 10.2. The first-order valence-corrected chi connectivity index (χ1v) is 6.85. The van der Waals surface area contributed by atoms with E-state index in [4.69, 9.17) is 11.6 Å².